The largest absolute Gasteiger partial charge is 0.247 e. The van der Waals surface area contributed by atoms with Crippen LogP contribution < -0.4 is 0 Å². The van der Waals surface area contributed by atoms with Crippen LogP contribution in [0.25, 0.3) is 89.4 Å². The van der Waals surface area contributed by atoms with Gasteiger partial charge in [0.15, 0.2) is 5.82 Å². The molecule has 0 saturated heterocycles. The van der Waals surface area contributed by atoms with Gasteiger partial charge in [-0.25, -0.2) is 15.0 Å². The summed E-state index contributed by atoms with van der Waals surface area (Å²) >= 11 is 0. The molecule has 8 aromatic carbocycles. The lowest BCUT2D eigenvalue weighted by Crippen LogP contribution is -2.26. The van der Waals surface area contributed by atoms with Gasteiger partial charge in [-0.05, 0) is 56.5 Å². The van der Waals surface area contributed by atoms with Gasteiger partial charge in [-0.2, -0.15) is 0 Å². The summed E-state index contributed by atoms with van der Waals surface area (Å²) in [5.41, 5.74) is 18.8. The van der Waals surface area contributed by atoms with Crippen molar-refractivity contribution in [1.29, 1.82) is 0 Å². The predicted octanol–water partition coefficient (Wildman–Crippen LogP) is 13.7. The molecule has 2 aromatic heterocycles. The molecular weight excluding hydrogens is 715 g/mol. The number of pyridine rings is 1. The zero-order chi connectivity index (χ0) is 38.9. The first-order valence-corrected chi connectivity index (χ1v) is 20.2. The Labute approximate surface area is 343 Å². The molecule has 0 bridgehead atoms. The van der Waals surface area contributed by atoms with Crippen LogP contribution in [0, 0.1) is 0 Å². The third kappa shape index (κ3) is 5.05. The van der Waals surface area contributed by atoms with Crippen LogP contribution in [0.3, 0.4) is 0 Å². The zero-order valence-corrected chi connectivity index (χ0v) is 32.0. The third-order valence-electron chi connectivity index (χ3n) is 12.3. The average molecular weight is 750 g/mol. The van der Waals surface area contributed by atoms with Gasteiger partial charge in [0, 0.05) is 38.8 Å². The van der Waals surface area contributed by atoms with Crippen molar-refractivity contribution in [3.63, 3.8) is 0 Å². The number of hydrogen-bond acceptors (Lipinski definition) is 3. The molecule has 0 radical (unpaired) electrons. The maximum atomic E-state index is 5.66. The first-order valence-electron chi connectivity index (χ1n) is 20.2. The second-order valence-electron chi connectivity index (χ2n) is 15.5. The molecule has 0 unspecified atom stereocenters. The molecule has 0 atom stereocenters. The second kappa shape index (κ2) is 13.2. The van der Waals surface area contributed by atoms with Crippen molar-refractivity contribution in [3.05, 3.63) is 235 Å². The van der Waals surface area contributed by atoms with Gasteiger partial charge in [-0.15, -0.1) is 0 Å². The Morgan fingerprint density at radius 1 is 0.288 bits per heavy atom. The topological polar surface area (TPSA) is 38.7 Å². The van der Waals surface area contributed by atoms with Crippen LogP contribution in [0.15, 0.2) is 212 Å². The van der Waals surface area contributed by atoms with E-state index in [0.29, 0.717) is 5.82 Å². The van der Waals surface area contributed by atoms with Gasteiger partial charge < -0.3 is 0 Å². The van der Waals surface area contributed by atoms with E-state index in [-0.39, 0.29) is 0 Å². The van der Waals surface area contributed by atoms with E-state index in [1.54, 1.807) is 0 Å². The molecular formula is C56H35N3. The van der Waals surface area contributed by atoms with E-state index in [2.05, 4.69) is 176 Å². The maximum absolute atomic E-state index is 5.66. The van der Waals surface area contributed by atoms with Gasteiger partial charge in [0.1, 0.15) is 0 Å². The van der Waals surface area contributed by atoms with Crippen molar-refractivity contribution in [2.24, 2.45) is 0 Å². The SMILES string of the molecule is c1ccc(-c2cc(-c3ccccc3)nc(-c3cccc(-c4ccc(-c5nc6c(c7ccccc57)C5(c7ccccc7-c7ccccc75)c5ccccc5-6)cc4)c3)n2)cc1. The smallest absolute Gasteiger partial charge is 0.160 e. The summed E-state index contributed by atoms with van der Waals surface area (Å²) < 4.78 is 0. The fourth-order valence-electron chi connectivity index (χ4n) is 9.75. The second-order valence-corrected chi connectivity index (χ2v) is 15.5. The van der Waals surface area contributed by atoms with Crippen LogP contribution in [0.4, 0.5) is 0 Å². The van der Waals surface area contributed by atoms with Crippen LogP contribution in [0.5, 0.6) is 0 Å². The van der Waals surface area contributed by atoms with Gasteiger partial charge in [-0.1, -0.05) is 200 Å². The van der Waals surface area contributed by atoms with Crippen LogP contribution >= 0.6 is 0 Å². The van der Waals surface area contributed by atoms with E-state index < -0.39 is 5.41 Å². The molecule has 3 nitrogen and oxygen atoms in total. The lowest BCUT2D eigenvalue weighted by molar-refractivity contribution is 0.799. The van der Waals surface area contributed by atoms with Crippen molar-refractivity contribution < 1.29 is 0 Å². The number of fused-ring (bicyclic) bond motifs is 12. The standard InChI is InChI=1S/C56H35N3/c1-3-16-37(17-4-1)50-35-51(38-18-5-2-6-19-38)58-55(57-50)41-21-15-20-40(34-41)36-30-32-39(33-31-36)53-45-25-8-7-24-44(45)52-54(59-53)46-26-11-14-29-49(46)56(52)47-27-12-9-22-42(47)43-23-10-13-28-48(43)56/h1-35H. The van der Waals surface area contributed by atoms with Crippen molar-refractivity contribution in [1.82, 2.24) is 15.0 Å². The molecule has 0 saturated carbocycles. The fraction of sp³-hybridized carbons (Fsp3) is 0.0179. The maximum Gasteiger partial charge on any atom is 0.160 e. The molecule has 1 spiro atoms. The minimum atomic E-state index is -0.453. The summed E-state index contributed by atoms with van der Waals surface area (Å²) in [6, 6.07) is 75.8. The molecule has 0 fully saturated rings. The lowest BCUT2D eigenvalue weighted by atomic mass is 9.69. The highest BCUT2D eigenvalue weighted by molar-refractivity contribution is 6.06. The van der Waals surface area contributed by atoms with E-state index in [9.17, 15) is 0 Å². The Morgan fingerprint density at radius 3 is 1.39 bits per heavy atom. The van der Waals surface area contributed by atoms with Crippen molar-refractivity contribution in [2.75, 3.05) is 0 Å². The van der Waals surface area contributed by atoms with Gasteiger partial charge in [-0.3, -0.25) is 0 Å². The van der Waals surface area contributed by atoms with Crippen LogP contribution in [0.2, 0.25) is 0 Å². The normalized spacial score (nSPS) is 12.9. The quantitative estimate of drug-likeness (QED) is 0.176. The highest BCUT2D eigenvalue weighted by atomic mass is 14.9. The van der Waals surface area contributed by atoms with Crippen molar-refractivity contribution in [3.8, 4) is 78.7 Å². The molecule has 274 valence electrons. The van der Waals surface area contributed by atoms with E-state index >= 15 is 0 Å². The number of aromatic nitrogens is 3. The minimum absolute atomic E-state index is 0.453. The zero-order valence-electron chi connectivity index (χ0n) is 32.0. The highest BCUT2D eigenvalue weighted by Crippen LogP contribution is 2.64. The summed E-state index contributed by atoms with van der Waals surface area (Å²) in [6.07, 6.45) is 0. The van der Waals surface area contributed by atoms with Crippen molar-refractivity contribution >= 4 is 10.8 Å². The van der Waals surface area contributed by atoms with E-state index in [1.807, 2.05) is 36.4 Å². The van der Waals surface area contributed by atoms with E-state index in [0.717, 1.165) is 61.5 Å². The number of benzene rings is 8. The Balaban J connectivity index is 0.978. The molecule has 0 N–H and O–H groups in total. The molecule has 2 aliphatic rings. The summed E-state index contributed by atoms with van der Waals surface area (Å²) in [4.78, 5) is 15.9. The Bertz CT molecular complexity index is 3160. The molecule has 12 rings (SSSR count). The molecule has 59 heavy (non-hydrogen) atoms. The van der Waals surface area contributed by atoms with Crippen LogP contribution in [-0.4, -0.2) is 15.0 Å². The van der Waals surface area contributed by atoms with Gasteiger partial charge in [0.25, 0.3) is 0 Å². The molecule has 10 aromatic rings. The van der Waals surface area contributed by atoms with Crippen molar-refractivity contribution in [2.45, 2.75) is 5.41 Å². The van der Waals surface area contributed by atoms with E-state index in [1.165, 1.54) is 44.3 Å². The van der Waals surface area contributed by atoms with Crippen LogP contribution in [0.1, 0.15) is 22.3 Å². The van der Waals surface area contributed by atoms with Gasteiger partial charge in [0.2, 0.25) is 0 Å². The third-order valence-corrected chi connectivity index (χ3v) is 12.3. The first-order chi connectivity index (χ1) is 29.3. The van der Waals surface area contributed by atoms with E-state index in [4.69, 9.17) is 15.0 Å². The lowest BCUT2D eigenvalue weighted by Gasteiger charge is -2.31. The molecule has 0 amide bonds. The molecule has 2 aliphatic carbocycles. The Kier molecular flexibility index (Phi) is 7.45. The number of rotatable bonds is 5. The monoisotopic (exact) mass is 749 g/mol. The molecule has 3 heteroatoms. The highest BCUT2D eigenvalue weighted by Gasteiger charge is 2.53. The Hall–Kier alpha value is -7.75. The average Bonchev–Trinajstić information content (AvgIpc) is 3.79. The summed E-state index contributed by atoms with van der Waals surface area (Å²) in [7, 11) is 0. The summed E-state index contributed by atoms with van der Waals surface area (Å²) in [5, 5.41) is 2.39. The number of hydrogen-bond donors (Lipinski definition) is 0. The fourth-order valence-corrected chi connectivity index (χ4v) is 9.75. The molecule has 2 heterocycles. The molecule has 0 aliphatic heterocycles. The van der Waals surface area contributed by atoms with Gasteiger partial charge in [0.05, 0.1) is 28.2 Å². The Morgan fingerprint density at radius 2 is 0.763 bits per heavy atom. The number of nitrogens with zero attached hydrogens (tertiary/aromatic N) is 3. The van der Waals surface area contributed by atoms with Crippen LogP contribution in [-0.2, 0) is 5.41 Å². The predicted molar refractivity (Wildman–Crippen MR) is 241 cm³/mol. The summed E-state index contributed by atoms with van der Waals surface area (Å²) in [5.74, 6) is 0.697. The summed E-state index contributed by atoms with van der Waals surface area (Å²) in [6.45, 7) is 0. The minimum Gasteiger partial charge on any atom is -0.247 e. The van der Waals surface area contributed by atoms with Gasteiger partial charge >= 0.3 is 0 Å². The first kappa shape index (κ1) is 33.4.